The molecule has 2 aromatic rings. The number of halogens is 1. The number of likely N-dealkylation sites (N-methyl/N-ethyl adjacent to an activating group) is 1. The minimum Gasteiger partial charge on any atom is -0.486 e. The molecule has 0 N–H and O–H groups in total. The standard InChI is InChI=1S/C17H16BrNO3/c1-19(17(20)12-5-4-6-13(18)9-12)10-14-11-21-15-7-2-3-8-16(15)22-14/h2-9,14H,10-11H2,1H3/t14-/m1/s1. The second kappa shape index (κ2) is 6.40. The quantitative estimate of drug-likeness (QED) is 0.841. The second-order valence-corrected chi connectivity index (χ2v) is 6.11. The number of hydrogen-bond acceptors (Lipinski definition) is 3. The molecule has 0 saturated heterocycles. The summed E-state index contributed by atoms with van der Waals surface area (Å²) < 4.78 is 12.4. The summed E-state index contributed by atoms with van der Waals surface area (Å²) >= 11 is 3.38. The van der Waals surface area contributed by atoms with Gasteiger partial charge in [0.2, 0.25) is 0 Å². The summed E-state index contributed by atoms with van der Waals surface area (Å²) in [6.07, 6.45) is -0.170. The van der Waals surface area contributed by atoms with E-state index in [1.165, 1.54) is 0 Å². The molecular formula is C17H16BrNO3. The predicted octanol–water partition coefficient (Wildman–Crippen LogP) is 3.36. The highest BCUT2D eigenvalue weighted by atomic mass is 79.9. The molecule has 0 aliphatic carbocycles. The molecule has 0 saturated carbocycles. The minimum absolute atomic E-state index is 0.0382. The lowest BCUT2D eigenvalue weighted by molar-refractivity contribution is 0.0521. The van der Waals surface area contributed by atoms with Crippen molar-refractivity contribution in [1.29, 1.82) is 0 Å². The molecule has 1 atom stereocenters. The molecule has 0 radical (unpaired) electrons. The molecule has 3 rings (SSSR count). The second-order valence-electron chi connectivity index (χ2n) is 5.19. The molecular weight excluding hydrogens is 346 g/mol. The number of carbonyl (C=O) groups is 1. The van der Waals surface area contributed by atoms with E-state index in [1.54, 1.807) is 18.0 Å². The zero-order chi connectivity index (χ0) is 15.5. The summed E-state index contributed by atoms with van der Waals surface area (Å²) in [7, 11) is 1.77. The zero-order valence-corrected chi connectivity index (χ0v) is 13.7. The fourth-order valence-corrected chi connectivity index (χ4v) is 2.78. The van der Waals surface area contributed by atoms with Crippen molar-refractivity contribution in [3.05, 3.63) is 58.6 Å². The van der Waals surface area contributed by atoms with Crippen LogP contribution in [0.2, 0.25) is 0 Å². The zero-order valence-electron chi connectivity index (χ0n) is 12.2. The van der Waals surface area contributed by atoms with Crippen molar-refractivity contribution in [2.45, 2.75) is 6.10 Å². The average molecular weight is 362 g/mol. The molecule has 1 amide bonds. The third kappa shape index (κ3) is 3.25. The lowest BCUT2D eigenvalue weighted by Crippen LogP contribution is -2.41. The molecule has 2 aromatic carbocycles. The summed E-state index contributed by atoms with van der Waals surface area (Å²) in [5.74, 6) is 1.44. The fraction of sp³-hybridized carbons (Fsp3) is 0.235. The van der Waals surface area contributed by atoms with Crippen molar-refractivity contribution in [3.63, 3.8) is 0 Å². The van der Waals surface area contributed by atoms with Crippen molar-refractivity contribution >= 4 is 21.8 Å². The van der Waals surface area contributed by atoms with Gasteiger partial charge in [0.05, 0.1) is 6.54 Å². The molecule has 1 aliphatic rings. The number of amides is 1. The van der Waals surface area contributed by atoms with Gasteiger partial charge < -0.3 is 14.4 Å². The first-order valence-electron chi connectivity index (χ1n) is 7.03. The third-order valence-electron chi connectivity index (χ3n) is 3.46. The van der Waals surface area contributed by atoms with Crippen molar-refractivity contribution in [2.24, 2.45) is 0 Å². The SMILES string of the molecule is CN(C[C@@H]1COc2ccccc2O1)C(=O)c1cccc(Br)c1. The highest BCUT2D eigenvalue weighted by Crippen LogP contribution is 2.31. The number of carbonyl (C=O) groups excluding carboxylic acids is 1. The van der Waals surface area contributed by atoms with Gasteiger partial charge in [-0.05, 0) is 30.3 Å². The van der Waals surface area contributed by atoms with E-state index in [0.717, 1.165) is 16.0 Å². The summed E-state index contributed by atoms with van der Waals surface area (Å²) in [6.45, 7) is 0.910. The number of ether oxygens (including phenoxy) is 2. The Morgan fingerprint density at radius 3 is 2.77 bits per heavy atom. The van der Waals surface area contributed by atoms with Crippen LogP contribution in [0.5, 0.6) is 11.5 Å². The van der Waals surface area contributed by atoms with Crippen LogP contribution in [0.1, 0.15) is 10.4 Å². The van der Waals surface area contributed by atoms with E-state index in [0.29, 0.717) is 18.7 Å². The maximum atomic E-state index is 12.4. The monoisotopic (exact) mass is 361 g/mol. The summed E-state index contributed by atoms with van der Waals surface area (Å²) in [6, 6.07) is 14.9. The van der Waals surface area contributed by atoms with Gasteiger partial charge in [0.1, 0.15) is 6.61 Å². The van der Waals surface area contributed by atoms with Crippen LogP contribution in [-0.2, 0) is 0 Å². The van der Waals surface area contributed by atoms with Crippen LogP contribution in [0.3, 0.4) is 0 Å². The number of rotatable bonds is 3. The Morgan fingerprint density at radius 1 is 1.23 bits per heavy atom. The van der Waals surface area contributed by atoms with Gasteiger partial charge in [0.25, 0.3) is 5.91 Å². The summed E-state index contributed by atoms with van der Waals surface area (Å²) in [5, 5.41) is 0. The molecule has 114 valence electrons. The highest BCUT2D eigenvalue weighted by Gasteiger charge is 2.24. The highest BCUT2D eigenvalue weighted by molar-refractivity contribution is 9.10. The number of hydrogen-bond donors (Lipinski definition) is 0. The van der Waals surface area contributed by atoms with Gasteiger partial charge in [-0.15, -0.1) is 0 Å². The van der Waals surface area contributed by atoms with E-state index in [2.05, 4.69) is 15.9 Å². The summed E-state index contributed by atoms with van der Waals surface area (Å²) in [4.78, 5) is 14.1. The molecule has 0 spiro atoms. The van der Waals surface area contributed by atoms with Crippen LogP contribution in [0.4, 0.5) is 0 Å². The molecule has 0 bridgehead atoms. The largest absolute Gasteiger partial charge is 0.486 e. The third-order valence-corrected chi connectivity index (χ3v) is 3.96. The molecule has 1 aliphatic heterocycles. The Bertz CT molecular complexity index is 689. The first-order chi connectivity index (χ1) is 10.6. The number of benzene rings is 2. The molecule has 5 heteroatoms. The predicted molar refractivity (Wildman–Crippen MR) is 87.5 cm³/mol. The van der Waals surface area contributed by atoms with Crippen molar-refractivity contribution in [3.8, 4) is 11.5 Å². The number of nitrogens with zero attached hydrogens (tertiary/aromatic N) is 1. The van der Waals surface area contributed by atoms with Gasteiger partial charge in [-0.1, -0.05) is 34.1 Å². The Balaban J connectivity index is 1.65. The van der Waals surface area contributed by atoms with E-state index in [-0.39, 0.29) is 12.0 Å². The van der Waals surface area contributed by atoms with Crippen LogP contribution in [-0.4, -0.2) is 37.1 Å². The van der Waals surface area contributed by atoms with Crippen LogP contribution < -0.4 is 9.47 Å². The van der Waals surface area contributed by atoms with Crippen LogP contribution in [0.25, 0.3) is 0 Å². The molecule has 22 heavy (non-hydrogen) atoms. The van der Waals surface area contributed by atoms with Crippen LogP contribution >= 0.6 is 15.9 Å². The maximum absolute atomic E-state index is 12.4. The average Bonchev–Trinajstić information content (AvgIpc) is 2.54. The molecule has 4 nitrogen and oxygen atoms in total. The normalized spacial score (nSPS) is 16.2. The lowest BCUT2D eigenvalue weighted by Gasteiger charge is -2.29. The molecule has 0 fully saturated rings. The fourth-order valence-electron chi connectivity index (χ4n) is 2.38. The van der Waals surface area contributed by atoms with Gasteiger partial charge in [0, 0.05) is 17.1 Å². The van der Waals surface area contributed by atoms with E-state index < -0.39 is 0 Å². The van der Waals surface area contributed by atoms with E-state index in [1.807, 2.05) is 42.5 Å². The van der Waals surface area contributed by atoms with Gasteiger partial charge in [-0.2, -0.15) is 0 Å². The topological polar surface area (TPSA) is 38.8 Å². The number of fused-ring (bicyclic) bond motifs is 1. The Kier molecular flexibility index (Phi) is 4.34. The van der Waals surface area contributed by atoms with Gasteiger partial charge in [0.15, 0.2) is 17.6 Å². The molecule has 0 unspecified atom stereocenters. The summed E-state index contributed by atoms with van der Waals surface area (Å²) in [5.41, 5.74) is 0.647. The first-order valence-corrected chi connectivity index (χ1v) is 7.82. The van der Waals surface area contributed by atoms with Gasteiger partial charge in [-0.25, -0.2) is 0 Å². The van der Waals surface area contributed by atoms with E-state index in [9.17, 15) is 4.79 Å². The number of para-hydroxylation sites is 2. The van der Waals surface area contributed by atoms with Crippen molar-refractivity contribution in [2.75, 3.05) is 20.2 Å². The Morgan fingerprint density at radius 2 is 2.00 bits per heavy atom. The van der Waals surface area contributed by atoms with Gasteiger partial charge >= 0.3 is 0 Å². The van der Waals surface area contributed by atoms with Crippen molar-refractivity contribution in [1.82, 2.24) is 4.90 Å². The smallest absolute Gasteiger partial charge is 0.253 e. The molecule has 0 aromatic heterocycles. The van der Waals surface area contributed by atoms with Crippen molar-refractivity contribution < 1.29 is 14.3 Å². The van der Waals surface area contributed by atoms with E-state index >= 15 is 0 Å². The lowest BCUT2D eigenvalue weighted by atomic mass is 10.2. The minimum atomic E-state index is -0.170. The Labute approximate surface area is 137 Å². The van der Waals surface area contributed by atoms with Crippen LogP contribution in [0, 0.1) is 0 Å². The van der Waals surface area contributed by atoms with Gasteiger partial charge in [-0.3, -0.25) is 4.79 Å². The van der Waals surface area contributed by atoms with Crippen LogP contribution in [0.15, 0.2) is 53.0 Å². The Hall–Kier alpha value is -2.01. The first kappa shape index (κ1) is 14.9. The molecule has 1 heterocycles. The maximum Gasteiger partial charge on any atom is 0.253 e. The van der Waals surface area contributed by atoms with E-state index in [4.69, 9.17) is 9.47 Å².